The number of para-hydroxylation sites is 4. The molecule has 6 nitrogen and oxygen atoms in total. The Kier molecular flexibility index (Phi) is 11.5. The number of pyridine rings is 1. The Morgan fingerprint density at radius 2 is 1.09 bits per heavy atom. The summed E-state index contributed by atoms with van der Waals surface area (Å²) in [5, 5.41) is 0. The van der Waals surface area contributed by atoms with Crippen LogP contribution in [0.4, 0.5) is 22.9 Å². The number of imidazole rings is 1. The van der Waals surface area contributed by atoms with Crippen molar-refractivity contribution in [3.05, 3.63) is 221 Å². The van der Waals surface area contributed by atoms with Gasteiger partial charge >= 0.3 is 366 Å². The molecule has 0 unspecified atom stereocenters. The molecular weight excluding hydrogens is 1080 g/mol. The average Bonchev–Trinajstić information content (AvgIpc) is 3.90. The van der Waals surface area contributed by atoms with E-state index >= 15 is 0 Å². The predicted octanol–water partition coefficient (Wildman–Crippen LogP) is 16.2. The molecule has 0 saturated carbocycles. The summed E-state index contributed by atoms with van der Waals surface area (Å²) in [4.78, 5) is 9.96. The zero-order valence-electron chi connectivity index (χ0n) is 43.4. The third kappa shape index (κ3) is 8.17. The van der Waals surface area contributed by atoms with Gasteiger partial charge in [-0.1, -0.05) is 42.5 Å². The molecule has 2 aliphatic rings. The summed E-state index contributed by atoms with van der Waals surface area (Å²) in [6, 6.07) is 74.8. The molecule has 2 aromatic heterocycles. The first-order valence-electron chi connectivity index (χ1n) is 25.6. The van der Waals surface area contributed by atoms with E-state index in [1.807, 2.05) is 30.3 Å². The number of hydrogen-bond acceptors (Lipinski definition) is 4. The van der Waals surface area contributed by atoms with Crippen LogP contribution in [0.1, 0.15) is 79.0 Å². The van der Waals surface area contributed by atoms with E-state index in [1.165, 1.54) is 50.0 Å². The minimum atomic E-state index is -0.168. The Bertz CT molecular complexity index is 3860. The summed E-state index contributed by atoms with van der Waals surface area (Å²) in [6.45, 7) is 20.7. The van der Waals surface area contributed by atoms with Crippen LogP contribution in [0.15, 0.2) is 188 Å². The van der Waals surface area contributed by atoms with Crippen LogP contribution in [-0.4, -0.2) is 21.1 Å². The zero-order chi connectivity index (χ0) is 51.3. The van der Waals surface area contributed by atoms with Gasteiger partial charge < -0.3 is 0 Å². The molecule has 12 rings (SSSR count). The van der Waals surface area contributed by atoms with Crippen molar-refractivity contribution in [1.29, 1.82) is 0 Å². The van der Waals surface area contributed by atoms with Gasteiger partial charge in [-0.15, -0.1) is 6.07 Å². The number of anilines is 4. The van der Waals surface area contributed by atoms with Gasteiger partial charge in [0.2, 0.25) is 0 Å². The Morgan fingerprint density at radius 1 is 0.500 bits per heavy atom. The van der Waals surface area contributed by atoms with Crippen LogP contribution in [0.25, 0.3) is 55.8 Å². The zero-order valence-corrected chi connectivity index (χ0v) is 45.7. The van der Waals surface area contributed by atoms with Gasteiger partial charge in [0.05, 0.1) is 0 Å². The van der Waals surface area contributed by atoms with Gasteiger partial charge in [-0.05, 0) is 11.6 Å². The summed E-state index contributed by atoms with van der Waals surface area (Å²) < 4.78 is 12.5. The number of nitrogens with zero attached hydrogens (tertiary/aromatic N) is 5. The molecule has 4 heterocycles. The molecule has 10 aromatic rings. The summed E-state index contributed by atoms with van der Waals surface area (Å²) in [7, 11) is 0. The summed E-state index contributed by atoms with van der Waals surface area (Å²) in [5.74, 6) is 1.80. The van der Waals surface area contributed by atoms with Gasteiger partial charge in [0.25, 0.3) is 0 Å². The maximum atomic E-state index is 6.77. The number of fused-ring (bicyclic) bond motifs is 9. The van der Waals surface area contributed by atoms with Gasteiger partial charge in [0.1, 0.15) is 0 Å². The third-order valence-corrected chi connectivity index (χ3v) is 15.6. The molecule has 0 N–H and O–H groups in total. The molecule has 0 fully saturated rings. The Labute approximate surface area is 447 Å². The van der Waals surface area contributed by atoms with Crippen molar-refractivity contribution in [2.75, 3.05) is 9.62 Å². The van der Waals surface area contributed by atoms with Crippen molar-refractivity contribution < 1.29 is 24.1 Å². The van der Waals surface area contributed by atoms with Crippen LogP contribution >= 0.6 is 0 Å². The Hall–Kier alpha value is -7.47. The van der Waals surface area contributed by atoms with Crippen molar-refractivity contribution in [2.45, 2.75) is 78.6 Å². The molecule has 0 saturated heterocycles. The van der Waals surface area contributed by atoms with Crippen LogP contribution in [-0.2, 0) is 35.6 Å². The standard InChI is InChI=1S/C66H58BN5O.Pt/c1-64(2,3)46-37-45(38-47(39-46)65(4,5)6)54-41-48(66(7,8)9)40-53(44-23-11-10-12-24-44)63(54)70-43-69(57-31-17-18-32-58(57)70)49-25-21-26-50(42-49)73-62-36-22-35-61(68-62)72-60-34-20-19-33-59(60)71-56-30-16-14-28-52(56)51-27-13-15-29-55(51)67(71)72;/h10-33,35-41H,1-9H3;/q-2;. The number of benzene rings is 8. The van der Waals surface area contributed by atoms with Crippen LogP contribution in [0.2, 0.25) is 0 Å². The van der Waals surface area contributed by atoms with E-state index in [9.17, 15) is 0 Å². The molecule has 8 heteroatoms. The second-order valence-electron chi connectivity index (χ2n) is 22.7. The Morgan fingerprint density at radius 3 is 1.81 bits per heavy atom. The third-order valence-electron chi connectivity index (χ3n) is 14.6. The van der Waals surface area contributed by atoms with Crippen molar-refractivity contribution in [3.63, 3.8) is 0 Å². The Balaban J connectivity index is 0.997. The summed E-state index contributed by atoms with van der Waals surface area (Å²) in [5.41, 5.74) is 19.4. The van der Waals surface area contributed by atoms with Crippen molar-refractivity contribution in [1.82, 2.24) is 14.1 Å². The number of rotatable bonds is 7. The predicted molar refractivity (Wildman–Crippen MR) is 303 cm³/mol. The molecule has 0 bridgehead atoms. The fourth-order valence-corrected chi connectivity index (χ4v) is 11.8. The number of hydrogen-bond donors (Lipinski definition) is 0. The average molecular weight is 1140 g/mol. The second-order valence-corrected chi connectivity index (χ2v) is 23.7. The van der Waals surface area contributed by atoms with Gasteiger partial charge in [-0.25, -0.2) is 0 Å². The number of ether oxygens (including phenoxy) is 1. The summed E-state index contributed by atoms with van der Waals surface area (Å²) >= 11 is 2.53. The van der Waals surface area contributed by atoms with E-state index in [-0.39, 0.29) is 23.2 Å². The van der Waals surface area contributed by atoms with Gasteiger partial charge in [-0.3, -0.25) is 0 Å². The van der Waals surface area contributed by atoms with E-state index in [4.69, 9.17) is 9.72 Å². The SMILES string of the molecule is CC(C)(C)c1cc(-c2cc(C(C)(C)C)cc(-c3ccccc3)c2-n2[c](=[Pt])n(-c3[c-]c(Oc4cccc(N5B6c7ccccc7-c7ccccc7N6c6ccc[c-]c65)n4)ccc3)c3ccccc32)cc(C(C)(C)C)c1. The second kappa shape index (κ2) is 17.9. The first-order valence-corrected chi connectivity index (χ1v) is 26.7. The van der Waals surface area contributed by atoms with E-state index in [2.05, 4.69) is 270 Å². The molecule has 0 amide bonds. The van der Waals surface area contributed by atoms with Gasteiger partial charge in [0.15, 0.2) is 0 Å². The molecule has 8 aromatic carbocycles. The molecule has 0 atom stereocenters. The topological polar surface area (TPSA) is 38.5 Å². The van der Waals surface area contributed by atoms with Gasteiger partial charge in [-0.2, -0.15) is 12.1 Å². The van der Waals surface area contributed by atoms with E-state index < -0.39 is 0 Å². The van der Waals surface area contributed by atoms with E-state index in [0.717, 1.165) is 54.7 Å². The van der Waals surface area contributed by atoms with Crippen molar-refractivity contribution >= 4 is 46.4 Å². The summed E-state index contributed by atoms with van der Waals surface area (Å²) in [6.07, 6.45) is 0. The molecule has 0 aliphatic carbocycles. The minimum absolute atomic E-state index is 0.0640. The van der Waals surface area contributed by atoms with Crippen LogP contribution in [0, 0.1) is 15.9 Å². The molecule has 2 aliphatic heterocycles. The van der Waals surface area contributed by atoms with Crippen LogP contribution in [0.5, 0.6) is 11.6 Å². The van der Waals surface area contributed by atoms with Crippen LogP contribution in [0.3, 0.4) is 0 Å². The van der Waals surface area contributed by atoms with Crippen LogP contribution < -0.4 is 19.8 Å². The first-order chi connectivity index (χ1) is 35.5. The molecular formula is C66H58BN5OPt-2. The van der Waals surface area contributed by atoms with Crippen molar-refractivity contribution in [3.8, 4) is 56.4 Å². The maximum absolute atomic E-state index is 6.77. The van der Waals surface area contributed by atoms with Gasteiger partial charge in [0, 0.05) is 11.3 Å². The molecule has 0 spiro atoms. The van der Waals surface area contributed by atoms with E-state index in [0.29, 0.717) is 11.6 Å². The molecule has 74 heavy (non-hydrogen) atoms. The van der Waals surface area contributed by atoms with E-state index in [1.54, 1.807) is 0 Å². The molecule has 0 radical (unpaired) electrons. The monoisotopic (exact) mass is 1140 g/mol. The molecule has 368 valence electrons. The fourth-order valence-electron chi connectivity index (χ4n) is 10.7. The van der Waals surface area contributed by atoms with Crippen molar-refractivity contribution in [2.24, 2.45) is 0 Å². The quantitative estimate of drug-likeness (QED) is 0.118. The first kappa shape index (κ1) is 47.5. The normalized spacial score (nSPS) is 13.2. The fraction of sp³-hybridized carbons (Fsp3) is 0.182. The number of aromatic nitrogens is 3.